The zero-order valence-corrected chi connectivity index (χ0v) is 19.6. The summed E-state index contributed by atoms with van der Waals surface area (Å²) in [6.07, 6.45) is 10.0. The smallest absolute Gasteiger partial charge is 0.0622 e. The summed E-state index contributed by atoms with van der Waals surface area (Å²) in [4.78, 5) is 8.93. The minimum atomic E-state index is -0.446. The first kappa shape index (κ1) is 28.8. The summed E-state index contributed by atoms with van der Waals surface area (Å²) in [5.41, 5.74) is 0. The molecule has 0 saturated heterocycles. The van der Waals surface area contributed by atoms with Crippen molar-refractivity contribution >= 4 is 30.1 Å². The van der Waals surface area contributed by atoms with Gasteiger partial charge >= 0.3 is 28.4 Å². The second-order valence-electron chi connectivity index (χ2n) is 6.43. The number of hydrogen-bond donors (Lipinski definition) is 0. The van der Waals surface area contributed by atoms with Crippen LogP contribution in [0.15, 0.2) is 104 Å². The Hall–Kier alpha value is -2.24. The normalized spacial score (nSPS) is 11.1. The summed E-state index contributed by atoms with van der Waals surface area (Å²) in [5.74, 6) is 0. The molecule has 1 fully saturated rings. The molecule has 4 heteroatoms. The molecule has 0 amide bonds. The van der Waals surface area contributed by atoms with Gasteiger partial charge in [0.1, 0.15) is 0 Å². The van der Waals surface area contributed by atoms with Gasteiger partial charge in [-0.05, 0) is 30.1 Å². The molecule has 3 aromatic rings. The Kier molecular flexibility index (Phi) is 18.3. The van der Waals surface area contributed by atoms with Crippen LogP contribution >= 0.6 is 7.92 Å². The van der Waals surface area contributed by atoms with Crippen LogP contribution in [0.5, 0.6) is 0 Å². The summed E-state index contributed by atoms with van der Waals surface area (Å²) in [5, 5.41) is 4.19. The quantitative estimate of drug-likeness (QED) is 0.160. The van der Waals surface area contributed by atoms with Gasteiger partial charge in [-0.15, -0.1) is 0 Å². The summed E-state index contributed by atoms with van der Waals surface area (Å²) in [6, 6.07) is 32.3. The van der Waals surface area contributed by atoms with E-state index in [1.807, 2.05) is 0 Å². The second kappa shape index (κ2) is 19.7. The van der Waals surface area contributed by atoms with E-state index >= 15 is 0 Å². The number of hydrogen-bond acceptors (Lipinski definition) is 1. The van der Waals surface area contributed by atoms with E-state index in [1.54, 1.807) is 0 Å². The standard InChI is InChI=1S/C18H15P.C5H10.C3H3O.CO.Fe/c1-4-10-16(11-5-1)19(17-12-6-2-7-13-17)18-14-8-3-9-15-18;1-2-4-5-3-1;1-2-3-4;1-2;/h1-15H;1-5H2;2H,1H2;;/q;;-1;;+2. The van der Waals surface area contributed by atoms with E-state index in [9.17, 15) is 0 Å². The predicted molar refractivity (Wildman–Crippen MR) is 128 cm³/mol. The molecule has 0 unspecified atom stereocenters. The van der Waals surface area contributed by atoms with Gasteiger partial charge in [-0.25, -0.2) is 12.7 Å². The first-order chi connectivity index (χ1) is 14.9. The fourth-order valence-corrected chi connectivity index (χ4v) is 5.37. The van der Waals surface area contributed by atoms with Gasteiger partial charge in [-0.2, -0.15) is 0 Å². The van der Waals surface area contributed by atoms with Crippen LogP contribution in [0, 0.1) is 6.65 Å². The Labute approximate surface area is 198 Å². The van der Waals surface area contributed by atoms with Crippen LogP contribution in [0.3, 0.4) is 0 Å². The summed E-state index contributed by atoms with van der Waals surface area (Å²) in [6.45, 7) is 7.56. The van der Waals surface area contributed by atoms with Gasteiger partial charge in [0, 0.05) is 0 Å². The summed E-state index contributed by atoms with van der Waals surface area (Å²) >= 11 is 0. The third-order valence-corrected chi connectivity index (χ3v) is 6.82. The van der Waals surface area contributed by atoms with Gasteiger partial charge in [0.25, 0.3) is 0 Å². The largest absolute Gasteiger partial charge is 2.00 e. The third kappa shape index (κ3) is 11.7. The number of carbonyl (C=O) groups excluding carboxylic acids is 1. The molecular weight excluding hydrogens is 443 g/mol. The zero-order valence-electron chi connectivity index (χ0n) is 17.6. The van der Waals surface area contributed by atoms with Gasteiger partial charge < -0.3 is 4.79 Å². The van der Waals surface area contributed by atoms with E-state index < -0.39 is 7.92 Å². The molecule has 3 aromatic carbocycles. The Balaban J connectivity index is 0.000000626. The Morgan fingerprint density at radius 2 is 0.903 bits per heavy atom. The van der Waals surface area contributed by atoms with Crippen molar-refractivity contribution in [2.24, 2.45) is 0 Å². The van der Waals surface area contributed by atoms with Crippen molar-refractivity contribution in [1.29, 1.82) is 0 Å². The molecule has 2 nitrogen and oxygen atoms in total. The summed E-state index contributed by atoms with van der Waals surface area (Å²) in [7, 11) is -0.446. The zero-order chi connectivity index (χ0) is 21.9. The molecule has 0 bridgehead atoms. The van der Waals surface area contributed by atoms with Crippen LogP contribution in [-0.4, -0.2) is 6.29 Å². The van der Waals surface area contributed by atoms with Crippen molar-refractivity contribution in [3.8, 4) is 0 Å². The Bertz CT molecular complexity index is 725. The minimum Gasteiger partial charge on any atom is -0.0622 e. The van der Waals surface area contributed by atoms with Gasteiger partial charge in [0.2, 0.25) is 0 Å². The Morgan fingerprint density at radius 3 is 1.10 bits per heavy atom. The monoisotopic (exact) mass is 471 g/mol. The van der Waals surface area contributed by atoms with Crippen molar-refractivity contribution in [3.05, 3.63) is 110 Å². The van der Waals surface area contributed by atoms with Crippen LogP contribution in [0.1, 0.15) is 32.1 Å². The molecule has 1 saturated carbocycles. The van der Waals surface area contributed by atoms with Gasteiger partial charge in [-0.1, -0.05) is 123 Å². The van der Waals surface area contributed by atoms with Crippen LogP contribution in [-0.2, 0) is 26.5 Å². The maximum absolute atomic E-state index is 8.93. The van der Waals surface area contributed by atoms with E-state index in [1.165, 1.54) is 54.3 Å². The third-order valence-electron chi connectivity index (χ3n) is 4.38. The molecule has 0 heterocycles. The van der Waals surface area contributed by atoms with Crippen LogP contribution in [0.2, 0.25) is 0 Å². The molecule has 0 radical (unpaired) electrons. The van der Waals surface area contributed by atoms with Crippen LogP contribution in [0.4, 0.5) is 0 Å². The topological polar surface area (TPSA) is 37.0 Å². The first-order valence-corrected chi connectivity index (χ1v) is 11.3. The van der Waals surface area contributed by atoms with Gasteiger partial charge in [-0.3, -0.25) is 0 Å². The fraction of sp³-hybridized carbons (Fsp3) is 0.185. The van der Waals surface area contributed by atoms with E-state index in [-0.39, 0.29) is 17.1 Å². The van der Waals surface area contributed by atoms with E-state index in [2.05, 4.69) is 104 Å². The molecule has 0 aromatic heterocycles. The molecule has 160 valence electrons. The summed E-state index contributed by atoms with van der Waals surface area (Å²) < 4.78 is 7.50. The van der Waals surface area contributed by atoms with E-state index in [0.29, 0.717) is 0 Å². The van der Waals surface area contributed by atoms with Crippen LogP contribution < -0.4 is 15.9 Å². The average Bonchev–Trinajstić information content (AvgIpc) is 3.43. The molecule has 1 aliphatic carbocycles. The van der Waals surface area contributed by atoms with Crippen molar-refractivity contribution in [3.63, 3.8) is 0 Å². The van der Waals surface area contributed by atoms with Crippen molar-refractivity contribution in [2.45, 2.75) is 32.1 Å². The number of allylic oxidation sites excluding steroid dienone is 1. The number of rotatable bonds is 4. The fourth-order valence-electron chi connectivity index (χ4n) is 3.06. The van der Waals surface area contributed by atoms with E-state index in [4.69, 9.17) is 9.45 Å². The molecule has 4 rings (SSSR count). The molecule has 0 N–H and O–H groups in total. The van der Waals surface area contributed by atoms with Crippen molar-refractivity contribution in [1.82, 2.24) is 0 Å². The van der Waals surface area contributed by atoms with Gasteiger partial charge in [0.15, 0.2) is 0 Å². The second-order valence-corrected chi connectivity index (χ2v) is 8.65. The number of benzene rings is 3. The molecular formula is C27H28FeO2P+. The van der Waals surface area contributed by atoms with Crippen molar-refractivity contribution < 1.29 is 26.5 Å². The first-order valence-electron chi connectivity index (χ1n) is 10.0. The SMILES string of the molecule is C1CCCC1.C=C[C-]=O.[C-]#[O+].[Fe+2].c1ccc(P(c2ccccc2)c2ccccc2)cc1. The Morgan fingerprint density at radius 1 is 0.677 bits per heavy atom. The molecule has 0 atom stereocenters. The van der Waals surface area contributed by atoms with E-state index in [0.717, 1.165) is 6.08 Å². The maximum Gasteiger partial charge on any atom is 2.00 e. The molecule has 1 aliphatic rings. The van der Waals surface area contributed by atoms with Crippen LogP contribution in [0.25, 0.3) is 0 Å². The maximum atomic E-state index is 8.93. The predicted octanol–water partition coefficient (Wildman–Crippen LogP) is 5.64. The molecule has 0 spiro atoms. The average molecular weight is 471 g/mol. The van der Waals surface area contributed by atoms with Gasteiger partial charge in [0.05, 0.1) is 0 Å². The van der Waals surface area contributed by atoms with Crippen molar-refractivity contribution in [2.75, 3.05) is 0 Å². The molecule has 0 aliphatic heterocycles. The molecule has 31 heavy (non-hydrogen) atoms. The minimum absolute atomic E-state index is 0.